The van der Waals surface area contributed by atoms with E-state index in [1.54, 1.807) is 6.92 Å². The summed E-state index contributed by atoms with van der Waals surface area (Å²) in [5.74, 6) is 4.40. The molecule has 2 heteroatoms. The van der Waals surface area contributed by atoms with E-state index in [9.17, 15) is 4.79 Å². The molecule has 1 aliphatic heterocycles. The van der Waals surface area contributed by atoms with Gasteiger partial charge in [0.2, 0.25) is 0 Å². The minimum Gasteiger partial charge on any atom is -0.440 e. The summed E-state index contributed by atoms with van der Waals surface area (Å²) in [6, 6.07) is 0. The summed E-state index contributed by atoms with van der Waals surface area (Å²) in [5, 5.41) is 0. The molecular weight excluding hydrogens is 92.1 g/mol. The van der Waals surface area contributed by atoms with Gasteiger partial charge in [-0.3, -0.25) is 0 Å². The Labute approximate surface area is 41.5 Å². The van der Waals surface area contributed by atoms with Crippen LogP contribution in [0, 0.1) is 11.8 Å². The average Bonchev–Trinajstić information content (AvgIpc) is 1.87. The van der Waals surface area contributed by atoms with Crippen molar-refractivity contribution in [3.8, 4) is 11.8 Å². The molecule has 0 bridgehead atoms. The van der Waals surface area contributed by atoms with E-state index in [1.165, 1.54) is 0 Å². The molecule has 0 aromatic rings. The summed E-state index contributed by atoms with van der Waals surface area (Å²) in [6.07, 6.45) is -0.188. The summed E-state index contributed by atoms with van der Waals surface area (Å²) in [6.45, 7) is 1.73. The summed E-state index contributed by atoms with van der Waals surface area (Å²) in [5.41, 5.74) is 0. The van der Waals surface area contributed by atoms with Gasteiger partial charge in [-0.2, -0.15) is 0 Å². The van der Waals surface area contributed by atoms with Crippen LogP contribution in [0.3, 0.4) is 0 Å². The molecule has 0 spiro atoms. The number of carbonyl (C=O) groups excluding carboxylic acids is 1. The third kappa shape index (κ3) is 0.716. The number of hydrogen-bond acceptors (Lipinski definition) is 2. The smallest absolute Gasteiger partial charge is 0.385 e. The van der Waals surface area contributed by atoms with Crippen LogP contribution < -0.4 is 0 Å². The lowest BCUT2D eigenvalue weighted by atomic mass is 10.4. The van der Waals surface area contributed by atoms with E-state index in [0.717, 1.165) is 0 Å². The van der Waals surface area contributed by atoms with Gasteiger partial charge in [0.05, 0.1) is 0 Å². The standard InChI is InChI=1S/C5H4O2/c1-4-2-3-5(6)7-4/h4H,1H3. The molecule has 0 aromatic heterocycles. The maximum absolute atomic E-state index is 10.1. The van der Waals surface area contributed by atoms with Crippen LogP contribution in [-0.2, 0) is 9.53 Å². The summed E-state index contributed by atoms with van der Waals surface area (Å²) in [4.78, 5) is 10.1. The molecule has 0 radical (unpaired) electrons. The van der Waals surface area contributed by atoms with Gasteiger partial charge in [-0.15, -0.1) is 0 Å². The second-order valence-corrected chi connectivity index (χ2v) is 1.32. The molecule has 0 aliphatic carbocycles. The molecule has 1 atom stereocenters. The Kier molecular flexibility index (Phi) is 0.759. The first kappa shape index (κ1) is 4.20. The summed E-state index contributed by atoms with van der Waals surface area (Å²) >= 11 is 0. The van der Waals surface area contributed by atoms with Gasteiger partial charge in [0.1, 0.15) is 0 Å². The third-order valence-electron chi connectivity index (χ3n) is 0.661. The molecule has 1 rings (SSSR count). The topological polar surface area (TPSA) is 26.3 Å². The minimum absolute atomic E-state index is 0.188. The molecule has 0 saturated heterocycles. The van der Waals surface area contributed by atoms with Crippen LogP contribution in [0.15, 0.2) is 0 Å². The van der Waals surface area contributed by atoms with Crippen LogP contribution in [0.5, 0.6) is 0 Å². The van der Waals surface area contributed by atoms with Crippen LogP contribution in [0.4, 0.5) is 0 Å². The number of rotatable bonds is 0. The highest BCUT2D eigenvalue weighted by Crippen LogP contribution is 1.93. The first-order chi connectivity index (χ1) is 3.29. The highest BCUT2D eigenvalue weighted by molar-refractivity contribution is 5.90. The van der Waals surface area contributed by atoms with E-state index >= 15 is 0 Å². The zero-order valence-electron chi connectivity index (χ0n) is 3.89. The predicted octanol–water partition coefficient (Wildman–Crippen LogP) is -0.0649. The SMILES string of the molecule is CC1C#CC(=O)O1. The Morgan fingerprint density at radius 2 is 2.57 bits per heavy atom. The molecule has 2 nitrogen and oxygen atoms in total. The van der Waals surface area contributed by atoms with Gasteiger partial charge >= 0.3 is 5.97 Å². The molecule has 0 aromatic carbocycles. The zero-order chi connectivity index (χ0) is 5.28. The number of ether oxygens (including phenoxy) is 1. The normalized spacial score (nSPS) is 25.9. The van der Waals surface area contributed by atoms with Gasteiger partial charge in [0, 0.05) is 5.92 Å². The largest absolute Gasteiger partial charge is 0.440 e. The van der Waals surface area contributed by atoms with Crippen molar-refractivity contribution in [2.75, 3.05) is 0 Å². The molecular formula is C5H4O2. The first-order valence-electron chi connectivity index (χ1n) is 2.01. The lowest BCUT2D eigenvalue weighted by Gasteiger charge is -1.93. The van der Waals surface area contributed by atoms with Crippen molar-refractivity contribution < 1.29 is 9.53 Å². The van der Waals surface area contributed by atoms with Gasteiger partial charge < -0.3 is 4.74 Å². The zero-order valence-corrected chi connectivity index (χ0v) is 3.89. The second kappa shape index (κ2) is 1.27. The molecule has 1 heterocycles. The molecule has 7 heavy (non-hydrogen) atoms. The molecule has 0 saturated carbocycles. The Bertz CT molecular complexity index is 149. The highest BCUT2D eigenvalue weighted by Gasteiger charge is 2.08. The van der Waals surface area contributed by atoms with Gasteiger partial charge in [-0.25, -0.2) is 4.79 Å². The van der Waals surface area contributed by atoms with Gasteiger partial charge in [0.15, 0.2) is 6.10 Å². The number of cyclic esters (lactones) is 1. The van der Waals surface area contributed by atoms with Crippen molar-refractivity contribution in [2.45, 2.75) is 13.0 Å². The van der Waals surface area contributed by atoms with Gasteiger partial charge in [-0.1, -0.05) is 0 Å². The van der Waals surface area contributed by atoms with Crippen molar-refractivity contribution in [3.63, 3.8) is 0 Å². The maximum atomic E-state index is 10.1. The van der Waals surface area contributed by atoms with Crippen molar-refractivity contribution in [1.29, 1.82) is 0 Å². The Hall–Kier alpha value is -0.970. The van der Waals surface area contributed by atoms with E-state index < -0.39 is 5.97 Å². The van der Waals surface area contributed by atoms with Crippen LogP contribution in [-0.4, -0.2) is 12.1 Å². The number of carbonyl (C=O) groups is 1. The number of esters is 1. The van der Waals surface area contributed by atoms with E-state index in [1.807, 2.05) is 0 Å². The average molecular weight is 96.1 g/mol. The Morgan fingerprint density at radius 1 is 1.86 bits per heavy atom. The predicted molar refractivity (Wildman–Crippen MR) is 23.3 cm³/mol. The van der Waals surface area contributed by atoms with Crippen molar-refractivity contribution >= 4 is 5.97 Å². The lowest BCUT2D eigenvalue weighted by Crippen LogP contribution is -2.02. The van der Waals surface area contributed by atoms with Crippen LogP contribution in [0.2, 0.25) is 0 Å². The number of hydrogen-bond donors (Lipinski definition) is 0. The quantitative estimate of drug-likeness (QED) is 0.240. The first-order valence-corrected chi connectivity index (χ1v) is 2.01. The maximum Gasteiger partial charge on any atom is 0.385 e. The highest BCUT2D eigenvalue weighted by atomic mass is 16.5. The molecule has 1 unspecified atom stereocenters. The van der Waals surface area contributed by atoms with Gasteiger partial charge in [0.25, 0.3) is 0 Å². The Balaban J connectivity index is 2.65. The molecule has 1 aliphatic rings. The molecule has 0 fully saturated rings. The molecule has 0 N–H and O–H groups in total. The second-order valence-electron chi connectivity index (χ2n) is 1.32. The fourth-order valence-corrected chi connectivity index (χ4v) is 0.380. The van der Waals surface area contributed by atoms with Crippen molar-refractivity contribution in [3.05, 3.63) is 0 Å². The van der Waals surface area contributed by atoms with Crippen LogP contribution >= 0.6 is 0 Å². The molecule has 0 amide bonds. The fraction of sp³-hybridized carbons (Fsp3) is 0.400. The Morgan fingerprint density at radius 3 is 2.71 bits per heavy atom. The van der Waals surface area contributed by atoms with E-state index in [2.05, 4.69) is 16.6 Å². The summed E-state index contributed by atoms with van der Waals surface area (Å²) < 4.78 is 4.50. The van der Waals surface area contributed by atoms with Crippen molar-refractivity contribution in [1.82, 2.24) is 0 Å². The van der Waals surface area contributed by atoms with E-state index in [0.29, 0.717) is 0 Å². The third-order valence-corrected chi connectivity index (χ3v) is 0.661. The monoisotopic (exact) mass is 96.0 g/mol. The van der Waals surface area contributed by atoms with E-state index in [-0.39, 0.29) is 6.10 Å². The van der Waals surface area contributed by atoms with Crippen LogP contribution in [0.1, 0.15) is 6.92 Å². The van der Waals surface area contributed by atoms with Crippen LogP contribution in [0.25, 0.3) is 0 Å². The lowest BCUT2D eigenvalue weighted by molar-refractivity contribution is -0.137. The van der Waals surface area contributed by atoms with Crippen molar-refractivity contribution in [2.24, 2.45) is 0 Å². The van der Waals surface area contributed by atoms with E-state index in [4.69, 9.17) is 0 Å². The molecule has 36 valence electrons. The summed E-state index contributed by atoms with van der Waals surface area (Å²) in [7, 11) is 0. The van der Waals surface area contributed by atoms with Gasteiger partial charge in [-0.05, 0) is 12.8 Å². The fourth-order valence-electron chi connectivity index (χ4n) is 0.380. The minimum atomic E-state index is -0.410.